The zero-order chi connectivity index (χ0) is 24.3. The Balaban J connectivity index is 2.00. The molecule has 33 heavy (non-hydrogen) atoms. The van der Waals surface area contributed by atoms with Gasteiger partial charge in [-0.05, 0) is 61.4 Å². The van der Waals surface area contributed by atoms with Crippen LogP contribution in [0.2, 0.25) is 0 Å². The van der Waals surface area contributed by atoms with Gasteiger partial charge in [0.05, 0.1) is 11.4 Å². The van der Waals surface area contributed by atoms with Crippen LogP contribution in [0.5, 0.6) is 5.88 Å². The number of aromatic nitrogens is 2. The first-order chi connectivity index (χ1) is 15.6. The summed E-state index contributed by atoms with van der Waals surface area (Å²) in [6.07, 6.45) is 0. The van der Waals surface area contributed by atoms with Crippen molar-refractivity contribution >= 4 is 34.1 Å². The second kappa shape index (κ2) is 9.86. The number of amides is 1. The van der Waals surface area contributed by atoms with Gasteiger partial charge in [-0.2, -0.15) is 0 Å². The molecule has 0 fully saturated rings. The van der Waals surface area contributed by atoms with Gasteiger partial charge in [0.25, 0.3) is 5.56 Å². The van der Waals surface area contributed by atoms with Gasteiger partial charge >= 0.3 is 5.69 Å². The maximum Gasteiger partial charge on any atom is 0.333 e. The van der Waals surface area contributed by atoms with E-state index >= 15 is 0 Å². The Morgan fingerprint density at radius 1 is 1.06 bits per heavy atom. The second-order valence-corrected chi connectivity index (χ2v) is 8.40. The summed E-state index contributed by atoms with van der Waals surface area (Å²) < 4.78 is 14.9. The molecule has 3 aromatic rings. The van der Waals surface area contributed by atoms with Gasteiger partial charge in [-0.15, -0.1) is 0 Å². The molecule has 8 nitrogen and oxygen atoms in total. The largest absolute Gasteiger partial charge is 0.494 e. The Morgan fingerprint density at radius 3 is 2.36 bits per heavy atom. The highest BCUT2D eigenvalue weighted by molar-refractivity contribution is 8.15. The van der Waals surface area contributed by atoms with Gasteiger partial charge in [0.1, 0.15) is 16.4 Å². The van der Waals surface area contributed by atoms with Crippen LogP contribution in [0.25, 0.3) is 0 Å². The van der Waals surface area contributed by atoms with Crippen molar-refractivity contribution in [3.05, 3.63) is 85.8 Å². The molecule has 0 spiro atoms. The molecule has 172 valence electrons. The normalized spacial score (nSPS) is 11.5. The molecule has 0 bridgehead atoms. The molecule has 10 heteroatoms. The number of nitrogens with one attached hydrogen (secondary N) is 1. The average Bonchev–Trinajstić information content (AvgIpc) is 2.78. The number of carbonyl (C=O) groups is 1. The van der Waals surface area contributed by atoms with E-state index in [2.05, 4.69) is 10.3 Å². The lowest BCUT2D eigenvalue weighted by Gasteiger charge is -2.13. The predicted octanol–water partition coefficient (Wildman–Crippen LogP) is 3.00. The fourth-order valence-corrected chi connectivity index (χ4v) is 3.79. The van der Waals surface area contributed by atoms with Crippen LogP contribution < -0.4 is 16.6 Å². The lowest BCUT2D eigenvalue weighted by Crippen LogP contribution is -2.39. The first-order valence-electron chi connectivity index (χ1n) is 9.92. The average molecular weight is 471 g/mol. The molecule has 0 aliphatic heterocycles. The van der Waals surface area contributed by atoms with Crippen molar-refractivity contribution in [1.82, 2.24) is 9.13 Å². The summed E-state index contributed by atoms with van der Waals surface area (Å²) in [4.78, 5) is 42.0. The molecule has 3 rings (SSSR count). The van der Waals surface area contributed by atoms with Crippen molar-refractivity contribution in [3.8, 4) is 5.88 Å². The van der Waals surface area contributed by atoms with E-state index in [0.717, 1.165) is 32.0 Å². The number of thioether (sulfide) groups is 1. The van der Waals surface area contributed by atoms with Gasteiger partial charge < -0.3 is 10.4 Å². The number of aliphatic imine (C=N–C) groups is 1. The Labute approximate surface area is 193 Å². The maximum absolute atomic E-state index is 13.1. The van der Waals surface area contributed by atoms with E-state index < -0.39 is 28.9 Å². The molecule has 1 heterocycles. The third kappa shape index (κ3) is 5.40. The standard InChI is InChI=1S/C23H23FN4O4S/c1-13-5-8-17(11-14(13)2)26-20(19-21(30)27(3)23(32)28(4)22(19)31)33-12-18(29)25-16-9-6-15(24)7-10-16/h5-11,30H,12H2,1-4H3,(H,25,29). The molecule has 0 saturated carbocycles. The molecule has 0 aliphatic rings. The molecule has 0 aliphatic carbocycles. The molecular weight excluding hydrogens is 447 g/mol. The Hall–Kier alpha value is -3.66. The Morgan fingerprint density at radius 2 is 1.73 bits per heavy atom. The van der Waals surface area contributed by atoms with Gasteiger partial charge in [0, 0.05) is 19.8 Å². The smallest absolute Gasteiger partial charge is 0.333 e. The Bertz CT molecular complexity index is 1360. The molecule has 0 unspecified atom stereocenters. The number of hydrogen-bond acceptors (Lipinski definition) is 6. The number of carbonyl (C=O) groups excluding carboxylic acids is 1. The number of aryl methyl sites for hydroxylation is 2. The van der Waals surface area contributed by atoms with E-state index in [-0.39, 0.29) is 16.4 Å². The monoisotopic (exact) mass is 470 g/mol. The van der Waals surface area contributed by atoms with Crippen LogP contribution in [0.3, 0.4) is 0 Å². The van der Waals surface area contributed by atoms with Crippen molar-refractivity contribution in [2.45, 2.75) is 13.8 Å². The lowest BCUT2D eigenvalue weighted by molar-refractivity contribution is -0.113. The summed E-state index contributed by atoms with van der Waals surface area (Å²) in [5, 5.41) is 13.3. The van der Waals surface area contributed by atoms with E-state index in [0.29, 0.717) is 11.4 Å². The molecule has 2 N–H and O–H groups in total. The first-order valence-corrected chi connectivity index (χ1v) is 10.9. The molecule has 0 radical (unpaired) electrons. The van der Waals surface area contributed by atoms with Crippen LogP contribution in [0.4, 0.5) is 15.8 Å². The molecular formula is C23H23FN4O4S. The summed E-state index contributed by atoms with van der Waals surface area (Å²) >= 11 is 0.937. The molecule has 2 aromatic carbocycles. The zero-order valence-electron chi connectivity index (χ0n) is 18.5. The fourth-order valence-electron chi connectivity index (χ4n) is 2.96. The van der Waals surface area contributed by atoms with Crippen molar-refractivity contribution in [3.63, 3.8) is 0 Å². The maximum atomic E-state index is 13.1. The summed E-state index contributed by atoms with van der Waals surface area (Å²) in [6, 6.07) is 10.7. The number of aromatic hydroxyl groups is 1. The minimum atomic E-state index is -0.732. The van der Waals surface area contributed by atoms with Crippen LogP contribution in [0, 0.1) is 19.7 Å². The van der Waals surface area contributed by atoms with Gasteiger partial charge in [0.15, 0.2) is 0 Å². The summed E-state index contributed by atoms with van der Waals surface area (Å²) in [5.41, 5.74) is 1.37. The van der Waals surface area contributed by atoms with Crippen LogP contribution >= 0.6 is 11.8 Å². The topological polar surface area (TPSA) is 106 Å². The second-order valence-electron chi connectivity index (χ2n) is 7.43. The van der Waals surface area contributed by atoms with Crippen molar-refractivity contribution in [2.75, 3.05) is 11.1 Å². The van der Waals surface area contributed by atoms with Crippen LogP contribution in [-0.4, -0.2) is 30.9 Å². The number of halogens is 1. The van der Waals surface area contributed by atoms with E-state index in [4.69, 9.17) is 0 Å². The van der Waals surface area contributed by atoms with E-state index in [1.807, 2.05) is 26.0 Å². The van der Waals surface area contributed by atoms with Gasteiger partial charge in [0.2, 0.25) is 11.8 Å². The highest BCUT2D eigenvalue weighted by Crippen LogP contribution is 2.25. The minimum Gasteiger partial charge on any atom is -0.494 e. The van der Waals surface area contributed by atoms with Crippen LogP contribution in [-0.2, 0) is 18.9 Å². The quantitative estimate of drug-likeness (QED) is 0.441. The van der Waals surface area contributed by atoms with Gasteiger partial charge in [-0.3, -0.25) is 18.7 Å². The predicted molar refractivity (Wildman–Crippen MR) is 128 cm³/mol. The first kappa shape index (κ1) is 24.0. The minimum absolute atomic E-state index is 0.0845. The molecule has 0 atom stereocenters. The molecule has 1 amide bonds. The summed E-state index contributed by atoms with van der Waals surface area (Å²) in [6.45, 7) is 3.87. The van der Waals surface area contributed by atoms with E-state index in [9.17, 15) is 23.9 Å². The van der Waals surface area contributed by atoms with Gasteiger partial charge in [-0.1, -0.05) is 17.8 Å². The SMILES string of the molecule is Cc1ccc(N=C(SCC(=O)Nc2ccc(F)cc2)c2c(O)n(C)c(=O)n(C)c2=O)cc1C. The number of benzene rings is 2. The molecule has 0 saturated heterocycles. The fraction of sp³-hybridized carbons (Fsp3) is 0.217. The summed E-state index contributed by atoms with van der Waals surface area (Å²) in [5.74, 6) is -1.53. The third-order valence-electron chi connectivity index (χ3n) is 5.04. The van der Waals surface area contributed by atoms with Crippen LogP contribution in [0.15, 0.2) is 57.0 Å². The number of anilines is 1. The van der Waals surface area contributed by atoms with Crippen molar-refractivity contribution < 1.29 is 14.3 Å². The highest BCUT2D eigenvalue weighted by Gasteiger charge is 2.22. The van der Waals surface area contributed by atoms with Crippen molar-refractivity contribution in [1.29, 1.82) is 0 Å². The zero-order valence-corrected chi connectivity index (χ0v) is 19.4. The van der Waals surface area contributed by atoms with Gasteiger partial charge in [-0.25, -0.2) is 14.2 Å². The third-order valence-corrected chi connectivity index (χ3v) is 6.01. The van der Waals surface area contributed by atoms with Crippen molar-refractivity contribution in [2.24, 2.45) is 19.1 Å². The van der Waals surface area contributed by atoms with E-state index in [1.165, 1.54) is 38.4 Å². The highest BCUT2D eigenvalue weighted by atomic mass is 32.2. The molecule has 1 aromatic heterocycles. The summed E-state index contributed by atoms with van der Waals surface area (Å²) in [7, 11) is 2.63. The number of rotatable bonds is 5. The number of hydrogen-bond donors (Lipinski definition) is 2. The van der Waals surface area contributed by atoms with E-state index in [1.54, 1.807) is 6.07 Å². The lowest BCUT2D eigenvalue weighted by atomic mass is 10.1. The van der Waals surface area contributed by atoms with Crippen LogP contribution in [0.1, 0.15) is 16.7 Å². The Kier molecular flexibility index (Phi) is 7.17. The number of nitrogens with zero attached hydrogens (tertiary/aromatic N) is 3.